The lowest BCUT2D eigenvalue weighted by molar-refractivity contribution is 0.410. The highest BCUT2D eigenvalue weighted by Crippen LogP contribution is 2.46. The third kappa shape index (κ3) is 1.07. The fraction of sp³-hybridized carbons (Fsp3) is 0. The number of phenolic OH excluding ortho intramolecular Hbond substituents is 2. The summed E-state index contributed by atoms with van der Waals surface area (Å²) in [5.74, 6) is -0.803. The molecule has 0 radical (unpaired) electrons. The molecule has 0 heterocycles. The lowest BCUT2D eigenvalue weighted by atomic mass is 10.0. The van der Waals surface area contributed by atoms with E-state index in [2.05, 4.69) is 0 Å². The number of nitrogen functional groups attached to an aromatic ring is 4. The van der Waals surface area contributed by atoms with Gasteiger partial charge in [0.2, 0.25) is 0 Å². The fourth-order valence-corrected chi connectivity index (χ4v) is 1.64. The van der Waals surface area contributed by atoms with Crippen molar-refractivity contribution in [2.24, 2.45) is 0 Å². The second-order valence-corrected chi connectivity index (χ2v) is 3.52. The maximum atomic E-state index is 9.70. The lowest BCUT2D eigenvalue weighted by Gasteiger charge is -2.13. The van der Waals surface area contributed by atoms with Crippen molar-refractivity contribution in [1.29, 1.82) is 0 Å². The van der Waals surface area contributed by atoms with Gasteiger partial charge in [0.15, 0.2) is 11.5 Å². The van der Waals surface area contributed by atoms with Gasteiger partial charge in [-0.2, -0.15) is 0 Å². The monoisotopic (exact) mass is 220 g/mol. The molecule has 6 nitrogen and oxygen atoms in total. The Labute approximate surface area is 91.1 Å². The Balaban J connectivity index is 3.09. The van der Waals surface area contributed by atoms with Crippen LogP contribution in [0.2, 0.25) is 0 Å². The topological polar surface area (TPSA) is 145 Å². The summed E-state index contributed by atoms with van der Waals surface area (Å²) < 4.78 is 0. The molecule has 0 saturated carbocycles. The first kappa shape index (κ1) is 10.0. The number of hydrogen-bond donors (Lipinski definition) is 6. The fourth-order valence-electron chi connectivity index (χ4n) is 1.64. The third-order valence-corrected chi connectivity index (χ3v) is 2.57. The smallest absolute Gasteiger partial charge is 0.183 e. The van der Waals surface area contributed by atoms with Gasteiger partial charge < -0.3 is 33.1 Å². The van der Waals surface area contributed by atoms with Gasteiger partial charge in [-0.15, -0.1) is 0 Å². The number of benzene rings is 2. The van der Waals surface area contributed by atoms with E-state index in [1.807, 2.05) is 0 Å². The number of nitrogens with two attached hydrogens (primary N) is 4. The van der Waals surface area contributed by atoms with Gasteiger partial charge >= 0.3 is 0 Å². The predicted octanol–water partition coefficient (Wildman–Crippen LogP) is 0.580. The Hall–Kier alpha value is -2.50. The number of phenols is 2. The molecule has 2 aromatic rings. The molecule has 0 saturated heterocycles. The van der Waals surface area contributed by atoms with E-state index in [4.69, 9.17) is 22.9 Å². The Morgan fingerprint density at radius 1 is 0.750 bits per heavy atom. The molecule has 0 fully saturated rings. The van der Waals surface area contributed by atoms with Gasteiger partial charge in [0.25, 0.3) is 0 Å². The van der Waals surface area contributed by atoms with Crippen molar-refractivity contribution in [3.63, 3.8) is 0 Å². The third-order valence-electron chi connectivity index (χ3n) is 2.57. The quantitative estimate of drug-likeness (QED) is 0.217. The normalized spacial score (nSPS) is 10.8. The zero-order valence-corrected chi connectivity index (χ0v) is 8.36. The molecule has 0 amide bonds. The highest BCUT2D eigenvalue weighted by atomic mass is 16.3. The van der Waals surface area contributed by atoms with Crippen LogP contribution in [0.5, 0.6) is 11.5 Å². The average Bonchev–Trinajstić information content (AvgIpc) is 2.27. The molecule has 0 aromatic heterocycles. The maximum Gasteiger partial charge on any atom is 0.183 e. The highest BCUT2D eigenvalue weighted by Gasteiger charge is 2.17. The van der Waals surface area contributed by atoms with Crippen molar-refractivity contribution < 1.29 is 10.2 Å². The van der Waals surface area contributed by atoms with Crippen LogP contribution in [-0.4, -0.2) is 10.2 Å². The first-order valence-electron chi connectivity index (χ1n) is 4.51. The summed E-state index contributed by atoms with van der Waals surface area (Å²) in [6.07, 6.45) is 0. The SMILES string of the molecule is Nc1ccc2c(O)c(O)c(N)c(N)c2c1N. The van der Waals surface area contributed by atoms with E-state index in [-0.39, 0.29) is 22.8 Å². The van der Waals surface area contributed by atoms with Crippen LogP contribution in [0.1, 0.15) is 0 Å². The van der Waals surface area contributed by atoms with Crippen LogP contribution in [0.4, 0.5) is 22.7 Å². The predicted molar refractivity (Wildman–Crippen MR) is 64.9 cm³/mol. The number of anilines is 4. The van der Waals surface area contributed by atoms with Gasteiger partial charge in [0.1, 0.15) is 5.69 Å². The Morgan fingerprint density at radius 3 is 2.00 bits per heavy atom. The molecule has 2 rings (SSSR count). The molecule has 84 valence electrons. The average molecular weight is 220 g/mol. The Morgan fingerprint density at radius 2 is 1.38 bits per heavy atom. The van der Waals surface area contributed by atoms with Gasteiger partial charge in [-0.1, -0.05) is 0 Å². The van der Waals surface area contributed by atoms with E-state index in [1.54, 1.807) is 0 Å². The molecule has 0 unspecified atom stereocenters. The zero-order valence-electron chi connectivity index (χ0n) is 8.36. The van der Waals surface area contributed by atoms with Crippen LogP contribution in [-0.2, 0) is 0 Å². The molecule has 16 heavy (non-hydrogen) atoms. The van der Waals surface area contributed by atoms with E-state index in [1.165, 1.54) is 12.1 Å². The minimum absolute atomic E-state index is 0.107. The van der Waals surface area contributed by atoms with E-state index >= 15 is 0 Å². The molecule has 6 heteroatoms. The van der Waals surface area contributed by atoms with Gasteiger partial charge in [-0.05, 0) is 12.1 Å². The van der Waals surface area contributed by atoms with Crippen LogP contribution in [0.15, 0.2) is 12.1 Å². The lowest BCUT2D eigenvalue weighted by Crippen LogP contribution is -2.01. The van der Waals surface area contributed by atoms with E-state index in [9.17, 15) is 10.2 Å². The van der Waals surface area contributed by atoms with Crippen molar-refractivity contribution in [2.45, 2.75) is 0 Å². The molecule has 0 aliphatic heterocycles. The molecular weight excluding hydrogens is 208 g/mol. The first-order valence-corrected chi connectivity index (χ1v) is 4.51. The zero-order chi connectivity index (χ0) is 12.0. The molecule has 0 aliphatic carbocycles. The molecule has 0 aliphatic rings. The Kier molecular flexibility index (Phi) is 1.88. The largest absolute Gasteiger partial charge is 0.504 e. The molecule has 2 aromatic carbocycles. The number of hydrogen-bond acceptors (Lipinski definition) is 6. The van der Waals surface area contributed by atoms with Crippen LogP contribution < -0.4 is 22.9 Å². The van der Waals surface area contributed by atoms with Gasteiger partial charge in [-0.3, -0.25) is 0 Å². The van der Waals surface area contributed by atoms with Crippen molar-refractivity contribution >= 4 is 33.5 Å². The molecular formula is C10H12N4O2. The van der Waals surface area contributed by atoms with Crippen LogP contribution >= 0.6 is 0 Å². The standard InChI is InChI=1S/C10H12N4O2/c11-4-2-1-3-5(6(4)12)7(13)8(14)10(16)9(3)15/h1-2,15-16H,11-14H2. The van der Waals surface area contributed by atoms with Gasteiger partial charge in [0.05, 0.1) is 17.1 Å². The molecule has 0 spiro atoms. The molecule has 0 atom stereocenters. The second kappa shape index (κ2) is 2.99. The summed E-state index contributed by atoms with van der Waals surface area (Å²) >= 11 is 0. The van der Waals surface area contributed by atoms with Gasteiger partial charge in [0, 0.05) is 10.8 Å². The summed E-state index contributed by atoms with van der Waals surface area (Å²) in [4.78, 5) is 0. The summed E-state index contributed by atoms with van der Waals surface area (Å²) in [6.45, 7) is 0. The van der Waals surface area contributed by atoms with E-state index in [0.717, 1.165) is 0 Å². The van der Waals surface area contributed by atoms with Crippen LogP contribution in [0.25, 0.3) is 10.8 Å². The number of rotatable bonds is 0. The van der Waals surface area contributed by atoms with E-state index in [0.29, 0.717) is 16.5 Å². The summed E-state index contributed by atoms with van der Waals surface area (Å²) in [5.41, 5.74) is 23.2. The van der Waals surface area contributed by atoms with Crippen molar-refractivity contribution in [1.82, 2.24) is 0 Å². The van der Waals surface area contributed by atoms with E-state index < -0.39 is 5.75 Å². The van der Waals surface area contributed by atoms with Crippen molar-refractivity contribution in [3.8, 4) is 11.5 Å². The summed E-state index contributed by atoms with van der Waals surface area (Å²) in [6, 6.07) is 3.04. The van der Waals surface area contributed by atoms with Gasteiger partial charge in [-0.25, -0.2) is 0 Å². The minimum Gasteiger partial charge on any atom is -0.504 e. The highest BCUT2D eigenvalue weighted by molar-refractivity contribution is 6.13. The van der Waals surface area contributed by atoms with Crippen LogP contribution in [0.3, 0.4) is 0 Å². The van der Waals surface area contributed by atoms with Crippen LogP contribution in [0, 0.1) is 0 Å². The van der Waals surface area contributed by atoms with Crippen molar-refractivity contribution in [3.05, 3.63) is 12.1 Å². The Bertz CT molecular complexity index is 595. The molecule has 10 N–H and O–H groups in total. The summed E-state index contributed by atoms with van der Waals surface area (Å²) in [7, 11) is 0. The maximum absolute atomic E-state index is 9.70. The summed E-state index contributed by atoms with van der Waals surface area (Å²) in [5, 5.41) is 19.9. The number of fused-ring (bicyclic) bond motifs is 1. The minimum atomic E-state index is -0.450. The second-order valence-electron chi connectivity index (χ2n) is 3.52. The molecule has 0 bridgehead atoms. The first-order chi connectivity index (χ1) is 7.45. The van der Waals surface area contributed by atoms with Crippen molar-refractivity contribution in [2.75, 3.05) is 22.9 Å². The number of aromatic hydroxyl groups is 2.